The van der Waals surface area contributed by atoms with Gasteiger partial charge in [0, 0.05) is 18.3 Å². The molecule has 0 radical (unpaired) electrons. The minimum Gasteiger partial charge on any atom is -0.494 e. The van der Waals surface area contributed by atoms with E-state index in [4.69, 9.17) is 5.41 Å². The Labute approximate surface area is 82.3 Å². The van der Waals surface area contributed by atoms with Crippen LogP contribution in [0.15, 0.2) is 10.9 Å². The van der Waals surface area contributed by atoms with Crippen LogP contribution in [0, 0.1) is 12.3 Å². The quantitative estimate of drug-likeness (QED) is 0.696. The van der Waals surface area contributed by atoms with Gasteiger partial charge in [0.2, 0.25) is 5.88 Å². The molecule has 76 valence electrons. The SMILES string of the molecule is CCn1c(O)c(C(C)=N)c(C)cc1=O. The van der Waals surface area contributed by atoms with Gasteiger partial charge in [0.1, 0.15) is 0 Å². The van der Waals surface area contributed by atoms with Crippen molar-refractivity contribution in [2.75, 3.05) is 0 Å². The first-order valence-corrected chi connectivity index (χ1v) is 4.48. The largest absolute Gasteiger partial charge is 0.494 e. The molecule has 0 fully saturated rings. The zero-order chi connectivity index (χ0) is 10.9. The van der Waals surface area contributed by atoms with Gasteiger partial charge < -0.3 is 10.5 Å². The normalized spacial score (nSPS) is 10.2. The van der Waals surface area contributed by atoms with Gasteiger partial charge in [-0.3, -0.25) is 9.36 Å². The second-order valence-electron chi connectivity index (χ2n) is 3.23. The standard InChI is InChI=1S/C10H14N2O2/c1-4-12-8(13)5-6(2)9(7(3)11)10(12)14/h5,11,14H,4H2,1-3H3. The minimum absolute atomic E-state index is 0.106. The van der Waals surface area contributed by atoms with Gasteiger partial charge in [0.25, 0.3) is 5.56 Å². The Morgan fingerprint density at radius 2 is 2.21 bits per heavy atom. The molecule has 0 aliphatic heterocycles. The first-order valence-electron chi connectivity index (χ1n) is 4.48. The molecule has 4 heteroatoms. The Morgan fingerprint density at radius 1 is 1.64 bits per heavy atom. The molecule has 1 aromatic rings. The summed E-state index contributed by atoms with van der Waals surface area (Å²) in [5, 5.41) is 17.2. The van der Waals surface area contributed by atoms with Crippen molar-refractivity contribution in [3.63, 3.8) is 0 Å². The van der Waals surface area contributed by atoms with Crippen LogP contribution >= 0.6 is 0 Å². The molecule has 4 nitrogen and oxygen atoms in total. The zero-order valence-electron chi connectivity index (χ0n) is 8.59. The lowest BCUT2D eigenvalue weighted by molar-refractivity contribution is 0.409. The highest BCUT2D eigenvalue weighted by Gasteiger charge is 2.12. The molecule has 0 saturated heterocycles. The summed E-state index contributed by atoms with van der Waals surface area (Å²) < 4.78 is 1.25. The number of aromatic nitrogens is 1. The van der Waals surface area contributed by atoms with E-state index in [9.17, 15) is 9.90 Å². The van der Waals surface area contributed by atoms with Gasteiger partial charge in [-0.05, 0) is 26.3 Å². The molecule has 0 aliphatic rings. The third-order valence-corrected chi connectivity index (χ3v) is 2.17. The Kier molecular flexibility index (Phi) is 2.74. The molecule has 0 spiro atoms. The van der Waals surface area contributed by atoms with E-state index < -0.39 is 0 Å². The second-order valence-corrected chi connectivity index (χ2v) is 3.23. The summed E-state index contributed by atoms with van der Waals surface area (Å²) >= 11 is 0. The summed E-state index contributed by atoms with van der Waals surface area (Å²) in [4.78, 5) is 11.4. The molecule has 0 aliphatic carbocycles. The first-order chi connectivity index (χ1) is 6.49. The molecule has 0 bridgehead atoms. The minimum atomic E-state index is -0.229. The van der Waals surface area contributed by atoms with E-state index in [0.29, 0.717) is 17.7 Å². The van der Waals surface area contributed by atoms with Crippen molar-refractivity contribution in [1.82, 2.24) is 4.57 Å². The lowest BCUT2D eigenvalue weighted by Gasteiger charge is -2.11. The lowest BCUT2D eigenvalue weighted by atomic mass is 10.1. The van der Waals surface area contributed by atoms with Crippen molar-refractivity contribution < 1.29 is 5.11 Å². The smallest absolute Gasteiger partial charge is 0.253 e. The Balaban J connectivity index is 3.60. The molecule has 0 saturated carbocycles. The van der Waals surface area contributed by atoms with Crippen molar-refractivity contribution in [1.29, 1.82) is 5.41 Å². The summed E-state index contributed by atoms with van der Waals surface area (Å²) in [5.74, 6) is -0.106. The summed E-state index contributed by atoms with van der Waals surface area (Å²) in [6.45, 7) is 5.49. The molecule has 1 aromatic heterocycles. The number of nitrogens with one attached hydrogen (secondary N) is 1. The van der Waals surface area contributed by atoms with Crippen molar-refractivity contribution in [3.05, 3.63) is 27.5 Å². The van der Waals surface area contributed by atoms with E-state index >= 15 is 0 Å². The molecular weight excluding hydrogens is 180 g/mol. The number of hydrogen-bond donors (Lipinski definition) is 2. The highest BCUT2D eigenvalue weighted by atomic mass is 16.3. The van der Waals surface area contributed by atoms with Crippen molar-refractivity contribution in [2.45, 2.75) is 27.3 Å². The molecular formula is C10H14N2O2. The molecule has 0 unspecified atom stereocenters. The van der Waals surface area contributed by atoms with Gasteiger partial charge in [0.15, 0.2) is 0 Å². The second kappa shape index (κ2) is 3.65. The van der Waals surface area contributed by atoms with Crippen molar-refractivity contribution in [3.8, 4) is 5.88 Å². The van der Waals surface area contributed by atoms with Gasteiger partial charge in [-0.15, -0.1) is 0 Å². The van der Waals surface area contributed by atoms with Crippen molar-refractivity contribution in [2.24, 2.45) is 0 Å². The Hall–Kier alpha value is -1.58. The van der Waals surface area contributed by atoms with Crippen LogP contribution in [0.4, 0.5) is 0 Å². The molecule has 0 aromatic carbocycles. The fourth-order valence-electron chi connectivity index (χ4n) is 1.52. The van der Waals surface area contributed by atoms with E-state index in [0.717, 1.165) is 0 Å². The lowest BCUT2D eigenvalue weighted by Crippen LogP contribution is -2.21. The van der Waals surface area contributed by atoms with Crippen LogP contribution in [0.1, 0.15) is 25.0 Å². The first kappa shape index (κ1) is 10.5. The maximum atomic E-state index is 11.4. The van der Waals surface area contributed by atoms with E-state index in [1.165, 1.54) is 10.6 Å². The van der Waals surface area contributed by atoms with Crippen molar-refractivity contribution >= 4 is 5.71 Å². The molecule has 2 N–H and O–H groups in total. The van der Waals surface area contributed by atoms with Crippen LogP contribution in [-0.4, -0.2) is 15.4 Å². The maximum absolute atomic E-state index is 11.4. The van der Waals surface area contributed by atoms with Gasteiger partial charge >= 0.3 is 0 Å². The Bertz CT molecular complexity index is 432. The number of aryl methyl sites for hydroxylation is 1. The van der Waals surface area contributed by atoms with Crippen LogP contribution in [0.25, 0.3) is 0 Å². The predicted octanol–water partition coefficient (Wildman–Crippen LogP) is 1.27. The van der Waals surface area contributed by atoms with Crippen LogP contribution < -0.4 is 5.56 Å². The molecule has 0 amide bonds. The van der Waals surface area contributed by atoms with Crippen LogP contribution in [0.2, 0.25) is 0 Å². The molecule has 0 atom stereocenters. The van der Waals surface area contributed by atoms with Crippen LogP contribution in [-0.2, 0) is 6.54 Å². The van der Waals surface area contributed by atoms with Gasteiger partial charge in [-0.2, -0.15) is 0 Å². The summed E-state index contributed by atoms with van der Waals surface area (Å²) in [5.41, 5.74) is 1.13. The highest BCUT2D eigenvalue weighted by Crippen LogP contribution is 2.18. The number of hydrogen-bond acceptors (Lipinski definition) is 3. The fraction of sp³-hybridized carbons (Fsp3) is 0.400. The van der Waals surface area contributed by atoms with E-state index in [1.54, 1.807) is 20.8 Å². The average molecular weight is 194 g/mol. The molecule has 1 heterocycles. The van der Waals surface area contributed by atoms with Crippen LogP contribution in [0.3, 0.4) is 0 Å². The average Bonchev–Trinajstić information content (AvgIpc) is 2.02. The number of aromatic hydroxyl groups is 1. The fourth-order valence-corrected chi connectivity index (χ4v) is 1.52. The maximum Gasteiger partial charge on any atom is 0.253 e. The Morgan fingerprint density at radius 3 is 2.64 bits per heavy atom. The molecule has 1 rings (SSSR count). The van der Waals surface area contributed by atoms with Gasteiger partial charge in [-0.25, -0.2) is 0 Å². The van der Waals surface area contributed by atoms with Gasteiger partial charge in [0.05, 0.1) is 5.56 Å². The zero-order valence-corrected chi connectivity index (χ0v) is 8.59. The van der Waals surface area contributed by atoms with E-state index in [2.05, 4.69) is 0 Å². The number of rotatable bonds is 2. The predicted molar refractivity (Wildman–Crippen MR) is 55.3 cm³/mol. The summed E-state index contributed by atoms with van der Waals surface area (Å²) in [6.07, 6.45) is 0. The summed E-state index contributed by atoms with van der Waals surface area (Å²) in [7, 11) is 0. The topological polar surface area (TPSA) is 66.1 Å². The van der Waals surface area contributed by atoms with E-state index in [-0.39, 0.29) is 17.2 Å². The third kappa shape index (κ3) is 1.55. The number of pyridine rings is 1. The molecule has 14 heavy (non-hydrogen) atoms. The number of nitrogens with zero attached hydrogens (tertiary/aromatic N) is 1. The monoisotopic (exact) mass is 194 g/mol. The van der Waals surface area contributed by atoms with Crippen LogP contribution in [0.5, 0.6) is 5.88 Å². The summed E-state index contributed by atoms with van der Waals surface area (Å²) in [6, 6.07) is 1.44. The third-order valence-electron chi connectivity index (χ3n) is 2.17. The highest BCUT2D eigenvalue weighted by molar-refractivity contribution is 5.99. The van der Waals surface area contributed by atoms with E-state index in [1.807, 2.05) is 0 Å². The van der Waals surface area contributed by atoms with Gasteiger partial charge in [-0.1, -0.05) is 0 Å².